The van der Waals surface area contributed by atoms with Crippen LogP contribution in [0.1, 0.15) is 33.1 Å². The number of ether oxygens (including phenoxy) is 1. The van der Waals surface area contributed by atoms with Gasteiger partial charge in [-0.1, -0.05) is 48.0 Å². The van der Waals surface area contributed by atoms with E-state index >= 15 is 0 Å². The Balaban J connectivity index is 1.94. The summed E-state index contributed by atoms with van der Waals surface area (Å²) < 4.78 is 5.21. The second-order valence-electron chi connectivity index (χ2n) is 7.66. The Bertz CT molecular complexity index is 1270. The number of hydrogen-bond acceptors (Lipinski definition) is 5. The van der Waals surface area contributed by atoms with E-state index in [-0.39, 0.29) is 22.6 Å². The highest BCUT2D eigenvalue weighted by atomic mass is 16.5. The number of Topliss-reactive ketones (excluding diaryl/α,β-unsaturated/α-hetero) is 1. The molecular formula is C26H21NO6. The molecule has 0 unspecified atom stereocenters. The molecule has 2 N–H and O–H groups in total. The standard InChI is InChI=1S/C26H21NO6/c1-15-6-8-17(9-7-15)23(28)21-22(16-10-12-20(33-2)13-11-16)27(25(30)24(21)29)19-5-3-4-18(14-19)26(31)32/h3-14,22,28H,1-2H3,(H,31,32)/t22-/m0/s1. The number of aromatic carboxylic acids is 1. The van der Waals surface area contributed by atoms with Crippen LogP contribution in [0.4, 0.5) is 5.69 Å². The molecule has 0 aliphatic carbocycles. The molecule has 0 aromatic heterocycles. The minimum Gasteiger partial charge on any atom is -0.507 e. The highest BCUT2D eigenvalue weighted by Crippen LogP contribution is 2.42. The Morgan fingerprint density at radius 3 is 2.18 bits per heavy atom. The second kappa shape index (κ2) is 8.63. The maximum absolute atomic E-state index is 13.2. The fourth-order valence-electron chi connectivity index (χ4n) is 3.86. The number of carbonyl (C=O) groups excluding carboxylic acids is 2. The van der Waals surface area contributed by atoms with Gasteiger partial charge in [-0.05, 0) is 42.8 Å². The zero-order valence-electron chi connectivity index (χ0n) is 18.0. The summed E-state index contributed by atoms with van der Waals surface area (Å²) >= 11 is 0. The highest BCUT2D eigenvalue weighted by Gasteiger charge is 2.47. The summed E-state index contributed by atoms with van der Waals surface area (Å²) in [6.07, 6.45) is 0. The van der Waals surface area contributed by atoms with Crippen molar-refractivity contribution in [1.82, 2.24) is 0 Å². The number of anilines is 1. The smallest absolute Gasteiger partial charge is 0.335 e. The first-order valence-corrected chi connectivity index (χ1v) is 10.2. The number of carboxylic acid groups (broad SMARTS) is 1. The minimum absolute atomic E-state index is 0.0265. The zero-order chi connectivity index (χ0) is 23.7. The van der Waals surface area contributed by atoms with E-state index in [1.54, 1.807) is 54.6 Å². The van der Waals surface area contributed by atoms with Gasteiger partial charge in [-0.3, -0.25) is 14.5 Å². The molecule has 1 atom stereocenters. The molecule has 1 amide bonds. The topological polar surface area (TPSA) is 104 Å². The molecule has 33 heavy (non-hydrogen) atoms. The Kier molecular flexibility index (Phi) is 5.70. The third-order valence-corrected chi connectivity index (χ3v) is 5.57. The summed E-state index contributed by atoms with van der Waals surface area (Å²) in [4.78, 5) is 39.0. The van der Waals surface area contributed by atoms with E-state index in [0.29, 0.717) is 16.9 Å². The Hall–Kier alpha value is -4.39. The van der Waals surface area contributed by atoms with Gasteiger partial charge in [0.1, 0.15) is 11.5 Å². The number of aryl methyl sites for hydroxylation is 1. The maximum atomic E-state index is 13.2. The van der Waals surface area contributed by atoms with Crippen molar-refractivity contribution in [1.29, 1.82) is 0 Å². The molecule has 0 bridgehead atoms. The van der Waals surface area contributed by atoms with Crippen LogP contribution in [0.2, 0.25) is 0 Å². The van der Waals surface area contributed by atoms with E-state index in [9.17, 15) is 24.6 Å². The van der Waals surface area contributed by atoms with E-state index in [2.05, 4.69) is 0 Å². The fraction of sp³-hybridized carbons (Fsp3) is 0.115. The number of carbonyl (C=O) groups is 3. The number of amides is 1. The molecule has 1 fully saturated rings. The first-order valence-electron chi connectivity index (χ1n) is 10.2. The van der Waals surface area contributed by atoms with Crippen molar-refractivity contribution in [2.75, 3.05) is 12.0 Å². The summed E-state index contributed by atoms with van der Waals surface area (Å²) in [5.74, 6) is -2.58. The van der Waals surface area contributed by atoms with E-state index in [1.807, 2.05) is 6.92 Å². The van der Waals surface area contributed by atoms with Gasteiger partial charge in [-0.25, -0.2) is 4.79 Å². The van der Waals surface area contributed by atoms with Crippen molar-refractivity contribution in [2.45, 2.75) is 13.0 Å². The molecule has 1 heterocycles. The lowest BCUT2D eigenvalue weighted by Crippen LogP contribution is -2.29. The first kappa shape index (κ1) is 21.8. The summed E-state index contributed by atoms with van der Waals surface area (Å²) in [6.45, 7) is 1.90. The van der Waals surface area contributed by atoms with E-state index < -0.39 is 23.7 Å². The summed E-state index contributed by atoms with van der Waals surface area (Å²) in [5, 5.41) is 20.5. The monoisotopic (exact) mass is 443 g/mol. The summed E-state index contributed by atoms with van der Waals surface area (Å²) in [5.41, 5.74) is 2.07. The van der Waals surface area contributed by atoms with Gasteiger partial charge in [-0.15, -0.1) is 0 Å². The van der Waals surface area contributed by atoms with Gasteiger partial charge < -0.3 is 14.9 Å². The normalized spacial score (nSPS) is 17.3. The molecule has 1 aliphatic rings. The van der Waals surface area contributed by atoms with Gasteiger partial charge in [0.05, 0.1) is 24.3 Å². The van der Waals surface area contributed by atoms with Crippen molar-refractivity contribution < 1.29 is 29.3 Å². The number of aliphatic hydroxyl groups is 1. The van der Waals surface area contributed by atoms with Gasteiger partial charge >= 0.3 is 5.97 Å². The number of rotatable bonds is 5. The van der Waals surface area contributed by atoms with Crippen LogP contribution in [-0.4, -0.2) is 35.0 Å². The lowest BCUT2D eigenvalue weighted by Gasteiger charge is -2.25. The molecule has 7 nitrogen and oxygen atoms in total. The Morgan fingerprint density at radius 2 is 1.58 bits per heavy atom. The molecule has 3 aromatic carbocycles. The van der Waals surface area contributed by atoms with Crippen molar-refractivity contribution in [3.05, 3.63) is 101 Å². The number of ketones is 1. The largest absolute Gasteiger partial charge is 0.507 e. The molecule has 0 radical (unpaired) electrons. The average Bonchev–Trinajstić information content (AvgIpc) is 3.09. The van der Waals surface area contributed by atoms with Crippen molar-refractivity contribution in [3.63, 3.8) is 0 Å². The lowest BCUT2D eigenvalue weighted by atomic mass is 9.94. The number of nitrogens with zero attached hydrogens (tertiary/aromatic N) is 1. The predicted octanol–water partition coefficient (Wildman–Crippen LogP) is 4.33. The molecule has 0 spiro atoms. The van der Waals surface area contributed by atoms with Crippen molar-refractivity contribution in [2.24, 2.45) is 0 Å². The van der Waals surface area contributed by atoms with Crippen LogP contribution in [-0.2, 0) is 9.59 Å². The van der Waals surface area contributed by atoms with Gasteiger partial charge in [0, 0.05) is 11.3 Å². The summed E-state index contributed by atoms with van der Waals surface area (Å²) in [6, 6.07) is 18.6. The fourth-order valence-corrected chi connectivity index (χ4v) is 3.86. The van der Waals surface area contributed by atoms with Crippen molar-refractivity contribution in [3.8, 4) is 5.75 Å². The first-order chi connectivity index (χ1) is 15.8. The molecule has 1 saturated heterocycles. The third kappa shape index (κ3) is 3.96. The minimum atomic E-state index is -1.16. The highest BCUT2D eigenvalue weighted by molar-refractivity contribution is 6.51. The van der Waals surface area contributed by atoms with Crippen LogP contribution in [0.5, 0.6) is 5.75 Å². The molecule has 7 heteroatoms. The molecular weight excluding hydrogens is 422 g/mol. The number of carboxylic acids is 1. The van der Waals surface area contributed by atoms with Crippen LogP contribution < -0.4 is 9.64 Å². The van der Waals surface area contributed by atoms with Crippen LogP contribution >= 0.6 is 0 Å². The summed E-state index contributed by atoms with van der Waals surface area (Å²) in [7, 11) is 1.52. The molecule has 166 valence electrons. The van der Waals surface area contributed by atoms with Gasteiger partial charge in [0.25, 0.3) is 11.7 Å². The second-order valence-corrected chi connectivity index (χ2v) is 7.66. The SMILES string of the molecule is COc1ccc([C@H]2C(=C(O)c3ccc(C)cc3)C(=O)C(=O)N2c2cccc(C(=O)O)c2)cc1. The third-order valence-electron chi connectivity index (χ3n) is 5.57. The van der Waals surface area contributed by atoms with Crippen LogP contribution in [0.25, 0.3) is 5.76 Å². The number of hydrogen-bond donors (Lipinski definition) is 2. The molecule has 4 rings (SSSR count). The predicted molar refractivity (Wildman–Crippen MR) is 122 cm³/mol. The Morgan fingerprint density at radius 1 is 0.909 bits per heavy atom. The van der Waals surface area contributed by atoms with E-state index in [0.717, 1.165) is 5.56 Å². The van der Waals surface area contributed by atoms with Gasteiger partial charge in [0.15, 0.2) is 0 Å². The maximum Gasteiger partial charge on any atom is 0.335 e. The zero-order valence-corrected chi connectivity index (χ0v) is 18.0. The molecule has 1 aliphatic heterocycles. The lowest BCUT2D eigenvalue weighted by molar-refractivity contribution is -0.132. The van der Waals surface area contributed by atoms with Gasteiger partial charge in [-0.2, -0.15) is 0 Å². The van der Waals surface area contributed by atoms with Crippen LogP contribution in [0.3, 0.4) is 0 Å². The number of aliphatic hydroxyl groups excluding tert-OH is 1. The van der Waals surface area contributed by atoms with Crippen LogP contribution in [0, 0.1) is 6.92 Å². The van der Waals surface area contributed by atoms with Crippen LogP contribution in [0.15, 0.2) is 78.4 Å². The van der Waals surface area contributed by atoms with Gasteiger partial charge in [0.2, 0.25) is 0 Å². The van der Waals surface area contributed by atoms with Crippen molar-refractivity contribution >= 4 is 29.1 Å². The van der Waals surface area contributed by atoms with E-state index in [1.165, 1.54) is 30.2 Å². The molecule has 0 saturated carbocycles. The Labute approximate surface area is 190 Å². The number of methoxy groups -OCH3 is 1. The molecule has 3 aromatic rings. The average molecular weight is 443 g/mol. The quantitative estimate of drug-likeness (QED) is 0.346. The number of benzene rings is 3. The van der Waals surface area contributed by atoms with E-state index in [4.69, 9.17) is 4.74 Å².